The van der Waals surface area contributed by atoms with Crippen molar-refractivity contribution in [1.82, 2.24) is 0 Å². The third kappa shape index (κ3) is 51.4. The second kappa shape index (κ2) is 52.4. The van der Waals surface area contributed by atoms with Crippen LogP contribution in [0.4, 0.5) is 0 Å². The molecule has 8 nitrogen and oxygen atoms in total. The Labute approximate surface area is 396 Å². The molecule has 0 aromatic rings. The quantitative estimate of drug-likeness (QED) is 0.0268. The molecule has 9 heteroatoms. The van der Waals surface area contributed by atoms with Crippen LogP contribution < -0.4 is 5.73 Å². The van der Waals surface area contributed by atoms with Crippen LogP contribution in [0.1, 0.15) is 258 Å². The molecule has 376 valence electrons. The van der Waals surface area contributed by atoms with Crippen LogP contribution >= 0.6 is 7.82 Å². The third-order valence-electron chi connectivity index (χ3n) is 11.8. The molecule has 0 bridgehead atoms. The van der Waals surface area contributed by atoms with Gasteiger partial charge in [-0.05, 0) is 51.4 Å². The van der Waals surface area contributed by atoms with Crippen LogP contribution in [0.3, 0.4) is 0 Å². The minimum Gasteiger partial charge on any atom is -0.457 e. The van der Waals surface area contributed by atoms with Gasteiger partial charge in [-0.3, -0.25) is 13.8 Å². The maximum Gasteiger partial charge on any atom is 0.472 e. The lowest BCUT2D eigenvalue weighted by atomic mass is 10.0. The number of allylic oxidation sites excluding steroid dienone is 8. The minimum atomic E-state index is -4.29. The Balaban J connectivity index is 3.90. The molecule has 0 aliphatic rings. The second-order valence-corrected chi connectivity index (χ2v) is 19.5. The topological polar surface area (TPSA) is 117 Å². The van der Waals surface area contributed by atoms with Gasteiger partial charge in [-0.1, -0.05) is 249 Å². The minimum absolute atomic E-state index is 0.0957. The molecule has 64 heavy (non-hydrogen) atoms. The van der Waals surface area contributed by atoms with Crippen LogP contribution in [0, 0.1) is 0 Å². The van der Waals surface area contributed by atoms with Crippen LogP contribution in [-0.2, 0) is 27.9 Å². The van der Waals surface area contributed by atoms with Crippen molar-refractivity contribution in [1.29, 1.82) is 0 Å². The van der Waals surface area contributed by atoms with Gasteiger partial charge in [0, 0.05) is 19.6 Å². The number of unbranched alkanes of at least 4 members (excludes halogenated alkanes) is 31. The normalized spacial score (nSPS) is 13.6. The van der Waals surface area contributed by atoms with Crippen molar-refractivity contribution in [2.75, 3.05) is 33.0 Å². The summed E-state index contributed by atoms with van der Waals surface area (Å²) in [6.07, 6.45) is 64.4. The first-order valence-electron chi connectivity index (χ1n) is 27.1. The van der Waals surface area contributed by atoms with E-state index in [4.69, 9.17) is 24.3 Å². The molecule has 3 N–H and O–H groups in total. The molecule has 2 atom stereocenters. The Bertz CT molecular complexity index is 1130. The molecule has 2 unspecified atom stereocenters. The van der Waals surface area contributed by atoms with Crippen molar-refractivity contribution in [2.24, 2.45) is 5.73 Å². The predicted octanol–water partition coefficient (Wildman–Crippen LogP) is 17.1. The number of nitrogens with two attached hydrogens (primary N) is 1. The summed E-state index contributed by atoms with van der Waals surface area (Å²) in [5, 5.41) is 0. The largest absolute Gasteiger partial charge is 0.472 e. The maximum absolute atomic E-state index is 12.7. The molecule has 0 fully saturated rings. The van der Waals surface area contributed by atoms with Gasteiger partial charge in [0.1, 0.15) is 6.10 Å². The fraction of sp³-hybridized carbons (Fsp3) is 0.836. The Morgan fingerprint density at radius 3 is 1.31 bits per heavy atom. The third-order valence-corrected chi connectivity index (χ3v) is 12.7. The highest BCUT2D eigenvalue weighted by molar-refractivity contribution is 7.47. The number of rotatable bonds is 52. The average Bonchev–Trinajstić information content (AvgIpc) is 3.29. The maximum atomic E-state index is 12.7. The van der Waals surface area contributed by atoms with Gasteiger partial charge in [0.25, 0.3) is 0 Å². The van der Waals surface area contributed by atoms with E-state index in [2.05, 4.69) is 62.5 Å². The Morgan fingerprint density at radius 2 is 0.875 bits per heavy atom. The molecule has 0 aromatic carbocycles. The monoisotopic (exact) mass is 922 g/mol. The van der Waals surface area contributed by atoms with Crippen molar-refractivity contribution in [3.05, 3.63) is 48.6 Å². The van der Waals surface area contributed by atoms with Crippen LogP contribution in [0.2, 0.25) is 0 Å². The molecule has 0 radical (unpaired) electrons. The smallest absolute Gasteiger partial charge is 0.457 e. The first-order chi connectivity index (χ1) is 31.4. The lowest BCUT2D eigenvalue weighted by Crippen LogP contribution is -2.28. The molecule has 0 aromatic heterocycles. The Morgan fingerprint density at radius 1 is 0.484 bits per heavy atom. The molecule has 0 rings (SSSR count). The van der Waals surface area contributed by atoms with Gasteiger partial charge in [0.2, 0.25) is 0 Å². The number of phosphoric ester groups is 1. The highest BCUT2D eigenvalue weighted by Gasteiger charge is 2.25. The van der Waals surface area contributed by atoms with E-state index in [1.807, 2.05) is 0 Å². The second-order valence-electron chi connectivity index (χ2n) is 18.1. The van der Waals surface area contributed by atoms with E-state index in [0.29, 0.717) is 13.0 Å². The predicted molar refractivity (Wildman–Crippen MR) is 275 cm³/mol. The summed E-state index contributed by atoms with van der Waals surface area (Å²) in [5.74, 6) is -0.331. The standard InChI is InChI=1S/C55H104NO7P/c1-3-5-7-9-11-13-15-17-19-21-23-25-27-28-30-32-34-36-38-40-42-44-46-48-55(57)63-54(53-62-64(58,59)61-51-49-56)52-60-50-47-45-43-41-39-37-35-33-31-29-26-24-22-20-18-16-14-12-10-8-6-4-2/h5,7,11,13,17,19,23,25,54H,3-4,6,8-10,12,14-16,18,20-22,24,26-53,56H2,1-2H3,(H,58,59)/b7-5-,13-11-,19-17-,25-23-. The zero-order valence-corrected chi connectivity index (χ0v) is 42.9. The molecular formula is C55H104NO7P. The van der Waals surface area contributed by atoms with Crippen molar-refractivity contribution < 1.29 is 32.8 Å². The summed E-state index contributed by atoms with van der Waals surface area (Å²) < 4.78 is 33.7. The van der Waals surface area contributed by atoms with Crippen LogP contribution in [0.15, 0.2) is 48.6 Å². The number of hydrogen-bond donors (Lipinski definition) is 2. The molecule has 0 aliphatic heterocycles. The van der Waals surface area contributed by atoms with Crippen molar-refractivity contribution >= 4 is 13.8 Å². The molecule has 0 aliphatic carbocycles. The van der Waals surface area contributed by atoms with Crippen molar-refractivity contribution in [2.45, 2.75) is 264 Å². The highest BCUT2D eigenvalue weighted by atomic mass is 31.2. The Kier molecular flexibility index (Phi) is 51.2. The number of phosphoric acid groups is 1. The molecule has 0 heterocycles. The SMILES string of the molecule is CC/C=C\C/C=C\C/C=C\C/C=C\CCCCCCCCCCCCC(=O)OC(COCCCCCCCCCCCCCCCCCCCCCCCC)COP(=O)(O)OCCN. The summed E-state index contributed by atoms with van der Waals surface area (Å²) in [7, 11) is -4.29. The molecule has 0 spiro atoms. The molecule has 0 saturated heterocycles. The van der Waals surface area contributed by atoms with E-state index < -0.39 is 13.9 Å². The van der Waals surface area contributed by atoms with Gasteiger partial charge in [-0.15, -0.1) is 0 Å². The molecule has 0 saturated carbocycles. The lowest BCUT2D eigenvalue weighted by molar-refractivity contribution is -0.154. The zero-order chi connectivity index (χ0) is 46.5. The van der Waals surface area contributed by atoms with Crippen LogP contribution in [0.5, 0.6) is 0 Å². The summed E-state index contributed by atoms with van der Waals surface area (Å²) in [5.41, 5.74) is 5.40. The number of carbonyl (C=O) groups excluding carboxylic acids is 1. The molecule has 0 amide bonds. The molecular weight excluding hydrogens is 818 g/mol. The van der Waals surface area contributed by atoms with E-state index in [1.54, 1.807) is 0 Å². The lowest BCUT2D eigenvalue weighted by Gasteiger charge is -2.20. The van der Waals surface area contributed by atoms with Gasteiger partial charge in [0.05, 0.1) is 19.8 Å². The van der Waals surface area contributed by atoms with Gasteiger partial charge in [0.15, 0.2) is 0 Å². The summed E-state index contributed by atoms with van der Waals surface area (Å²) in [4.78, 5) is 22.6. The zero-order valence-electron chi connectivity index (χ0n) is 42.0. The van der Waals surface area contributed by atoms with Crippen LogP contribution in [-0.4, -0.2) is 49.9 Å². The first kappa shape index (κ1) is 62.5. The van der Waals surface area contributed by atoms with Crippen LogP contribution in [0.25, 0.3) is 0 Å². The summed E-state index contributed by atoms with van der Waals surface area (Å²) in [6.45, 7) is 4.86. The summed E-state index contributed by atoms with van der Waals surface area (Å²) >= 11 is 0. The van der Waals surface area contributed by atoms with Gasteiger partial charge in [-0.2, -0.15) is 0 Å². The first-order valence-corrected chi connectivity index (χ1v) is 28.6. The van der Waals surface area contributed by atoms with Crippen molar-refractivity contribution in [3.63, 3.8) is 0 Å². The van der Waals surface area contributed by atoms with Gasteiger partial charge in [-0.25, -0.2) is 4.57 Å². The van der Waals surface area contributed by atoms with Gasteiger partial charge >= 0.3 is 13.8 Å². The number of hydrogen-bond acceptors (Lipinski definition) is 7. The van der Waals surface area contributed by atoms with E-state index in [0.717, 1.165) is 57.8 Å². The number of ether oxygens (including phenoxy) is 2. The number of esters is 1. The van der Waals surface area contributed by atoms with Crippen molar-refractivity contribution in [3.8, 4) is 0 Å². The highest BCUT2D eigenvalue weighted by Crippen LogP contribution is 2.43. The summed E-state index contributed by atoms with van der Waals surface area (Å²) in [6, 6.07) is 0. The van der Waals surface area contributed by atoms with E-state index in [9.17, 15) is 14.3 Å². The van der Waals surface area contributed by atoms with Gasteiger partial charge < -0.3 is 20.1 Å². The fourth-order valence-corrected chi connectivity index (χ4v) is 8.58. The fourth-order valence-electron chi connectivity index (χ4n) is 7.81. The van der Waals surface area contributed by atoms with E-state index in [1.165, 1.54) is 180 Å². The number of carbonyl (C=O) groups is 1. The van der Waals surface area contributed by atoms with E-state index in [-0.39, 0.29) is 32.3 Å². The Hall–Kier alpha value is -1.54. The average molecular weight is 922 g/mol. The van der Waals surface area contributed by atoms with E-state index >= 15 is 0 Å².